The van der Waals surface area contributed by atoms with Crippen molar-refractivity contribution in [3.63, 3.8) is 0 Å². The van der Waals surface area contributed by atoms with Gasteiger partial charge in [0, 0.05) is 28.0 Å². The van der Waals surface area contributed by atoms with Gasteiger partial charge in [0.15, 0.2) is 5.60 Å². The molecule has 0 amide bonds. The fourth-order valence-corrected chi connectivity index (χ4v) is 5.57. The Bertz CT molecular complexity index is 1380. The lowest BCUT2D eigenvalue weighted by Gasteiger charge is -2.32. The minimum Gasteiger partial charge on any atom is -0.458 e. The molecule has 3 aliphatic rings. The van der Waals surface area contributed by atoms with Crippen LogP contribution in [0.3, 0.4) is 0 Å². The van der Waals surface area contributed by atoms with Crippen LogP contribution >= 0.6 is 11.6 Å². The van der Waals surface area contributed by atoms with Gasteiger partial charge in [-0.25, -0.2) is 9.78 Å². The number of aromatic nitrogens is 2. The van der Waals surface area contributed by atoms with Gasteiger partial charge in [0.25, 0.3) is 5.56 Å². The molecule has 0 bridgehead atoms. The maximum atomic E-state index is 13.3. The second kappa shape index (κ2) is 6.37. The predicted octanol–water partition coefficient (Wildman–Crippen LogP) is 3.17. The Morgan fingerprint density at radius 3 is 2.81 bits per heavy atom. The number of alkyl halides is 1. The summed E-state index contributed by atoms with van der Waals surface area (Å²) < 4.78 is 19.8. The molecule has 1 aromatic carbocycles. The number of esters is 1. The van der Waals surface area contributed by atoms with Crippen LogP contribution < -0.4 is 5.56 Å². The Labute approximate surface area is 181 Å². The van der Waals surface area contributed by atoms with Gasteiger partial charge in [-0.15, -0.1) is 0 Å². The molecule has 0 radical (unpaired) electrons. The number of hydrogen-bond acceptors (Lipinski definition) is 5. The van der Waals surface area contributed by atoms with Gasteiger partial charge in [0.1, 0.15) is 6.61 Å². The Balaban J connectivity index is 1.65. The van der Waals surface area contributed by atoms with Gasteiger partial charge in [-0.05, 0) is 48.6 Å². The van der Waals surface area contributed by atoms with E-state index in [0.29, 0.717) is 17.9 Å². The number of benzene rings is 1. The molecule has 6 nitrogen and oxygen atoms in total. The van der Waals surface area contributed by atoms with Gasteiger partial charge in [0.05, 0.1) is 35.7 Å². The van der Waals surface area contributed by atoms with Gasteiger partial charge in [-0.3, -0.25) is 9.18 Å². The van der Waals surface area contributed by atoms with Gasteiger partial charge in [-0.2, -0.15) is 0 Å². The number of carbonyl (C=O) groups is 1. The average Bonchev–Trinajstić information content (AvgIpc) is 3.13. The van der Waals surface area contributed by atoms with E-state index in [1.807, 2.05) is 12.1 Å². The number of aryl methyl sites for hydroxylation is 2. The molecule has 3 aromatic rings. The first-order chi connectivity index (χ1) is 14.9. The molecule has 6 rings (SSSR count). The van der Waals surface area contributed by atoms with Gasteiger partial charge in [-0.1, -0.05) is 11.6 Å². The molecule has 2 aliphatic heterocycles. The molecule has 0 saturated carbocycles. The number of aliphatic hydroxyl groups is 1. The number of hydrogen-bond donors (Lipinski definition) is 1. The summed E-state index contributed by atoms with van der Waals surface area (Å²) in [6.07, 6.45) is 2.25. The molecule has 158 valence electrons. The Kier molecular flexibility index (Phi) is 3.90. The minimum atomic E-state index is -2.17. The van der Waals surface area contributed by atoms with E-state index in [1.165, 1.54) is 0 Å². The van der Waals surface area contributed by atoms with Gasteiger partial charge >= 0.3 is 5.97 Å². The number of carbonyl (C=O) groups excluding carboxylic acids is 1. The quantitative estimate of drug-likeness (QED) is 0.484. The summed E-state index contributed by atoms with van der Waals surface area (Å²) in [6, 6.07) is 5.34. The van der Waals surface area contributed by atoms with E-state index in [9.17, 15) is 19.1 Å². The highest BCUT2D eigenvalue weighted by atomic mass is 35.5. The summed E-state index contributed by atoms with van der Waals surface area (Å²) in [5.74, 6) is -0.930. The number of fused-ring (bicyclic) bond motifs is 5. The van der Waals surface area contributed by atoms with Crippen molar-refractivity contribution < 1.29 is 19.0 Å². The van der Waals surface area contributed by atoms with Crippen LogP contribution in [0.2, 0.25) is 5.02 Å². The van der Waals surface area contributed by atoms with Crippen molar-refractivity contribution in [2.24, 2.45) is 0 Å². The molecule has 1 aliphatic carbocycles. The molecule has 0 fully saturated rings. The standard InChI is InChI=1S/C23H18ClFN2O4/c24-16-4-5-17-19-11(2-1-3-12(16)19)13-9-27-18(20(13)26-17)8-15-14(21(27)28)10-31-22(29)23(15,30)6-7-25/h4-5,8,30H,1-3,6-7,9-10H2. The molecule has 1 atom stereocenters. The Morgan fingerprint density at radius 2 is 2.00 bits per heavy atom. The molecule has 31 heavy (non-hydrogen) atoms. The third kappa shape index (κ3) is 2.39. The van der Waals surface area contributed by atoms with Crippen molar-refractivity contribution >= 4 is 28.5 Å². The van der Waals surface area contributed by atoms with Crippen molar-refractivity contribution in [3.8, 4) is 11.4 Å². The maximum Gasteiger partial charge on any atom is 0.343 e. The Morgan fingerprint density at radius 1 is 1.19 bits per heavy atom. The molecular weight excluding hydrogens is 423 g/mol. The SMILES string of the molecule is O=C1OCc2c(cc3n(c2=O)Cc2c-3nc3ccc(Cl)c4c3c2CCC4)C1(O)CCF. The van der Waals surface area contributed by atoms with Crippen molar-refractivity contribution in [2.75, 3.05) is 6.67 Å². The van der Waals surface area contributed by atoms with Crippen molar-refractivity contribution in [3.05, 3.63) is 61.4 Å². The van der Waals surface area contributed by atoms with E-state index in [4.69, 9.17) is 21.3 Å². The van der Waals surface area contributed by atoms with Crippen LogP contribution in [-0.2, 0) is 41.1 Å². The van der Waals surface area contributed by atoms with E-state index >= 15 is 0 Å². The van der Waals surface area contributed by atoms with Crippen LogP contribution in [0.1, 0.15) is 40.7 Å². The maximum absolute atomic E-state index is 13.3. The predicted molar refractivity (Wildman–Crippen MR) is 112 cm³/mol. The number of nitrogens with zero attached hydrogens (tertiary/aromatic N) is 2. The molecule has 4 heterocycles. The third-order valence-corrected chi connectivity index (χ3v) is 7.17. The van der Waals surface area contributed by atoms with Crippen LogP contribution in [0.4, 0.5) is 4.39 Å². The van der Waals surface area contributed by atoms with Crippen LogP contribution in [0.5, 0.6) is 0 Å². The zero-order valence-electron chi connectivity index (χ0n) is 16.5. The summed E-state index contributed by atoms with van der Waals surface area (Å²) in [5, 5.41) is 12.7. The van der Waals surface area contributed by atoms with Crippen molar-refractivity contribution in [2.45, 2.75) is 44.4 Å². The molecule has 2 aromatic heterocycles. The molecular formula is C23H18ClFN2O4. The number of rotatable bonds is 2. The molecule has 1 N–H and O–H groups in total. The topological polar surface area (TPSA) is 81.4 Å². The van der Waals surface area contributed by atoms with Crippen molar-refractivity contribution in [1.82, 2.24) is 9.55 Å². The zero-order chi connectivity index (χ0) is 21.5. The van der Waals surface area contributed by atoms with E-state index < -0.39 is 24.7 Å². The fourth-order valence-electron chi connectivity index (χ4n) is 5.32. The van der Waals surface area contributed by atoms with E-state index in [1.54, 1.807) is 10.6 Å². The normalized spacial score (nSPS) is 20.9. The number of pyridine rings is 2. The largest absolute Gasteiger partial charge is 0.458 e. The summed E-state index contributed by atoms with van der Waals surface area (Å²) in [4.78, 5) is 30.5. The number of ether oxygens (including phenoxy) is 1. The monoisotopic (exact) mass is 440 g/mol. The highest BCUT2D eigenvalue weighted by molar-refractivity contribution is 6.32. The number of halogens is 2. The lowest BCUT2D eigenvalue weighted by Crippen LogP contribution is -2.45. The summed E-state index contributed by atoms with van der Waals surface area (Å²) in [7, 11) is 0. The molecule has 0 saturated heterocycles. The Hall–Kier alpha value is -2.77. The second-order valence-corrected chi connectivity index (χ2v) is 8.79. The lowest BCUT2D eigenvalue weighted by atomic mass is 9.85. The van der Waals surface area contributed by atoms with Crippen LogP contribution in [-0.4, -0.2) is 27.3 Å². The van der Waals surface area contributed by atoms with Crippen LogP contribution in [0.15, 0.2) is 23.0 Å². The zero-order valence-corrected chi connectivity index (χ0v) is 17.3. The lowest BCUT2D eigenvalue weighted by molar-refractivity contribution is -0.173. The highest BCUT2D eigenvalue weighted by Gasteiger charge is 2.46. The summed E-state index contributed by atoms with van der Waals surface area (Å²) in [6.45, 7) is -0.798. The van der Waals surface area contributed by atoms with Crippen LogP contribution in [0, 0.1) is 0 Å². The molecule has 8 heteroatoms. The summed E-state index contributed by atoms with van der Waals surface area (Å²) in [5.41, 5.74) is 3.01. The van der Waals surface area contributed by atoms with E-state index in [-0.39, 0.29) is 23.3 Å². The van der Waals surface area contributed by atoms with E-state index in [2.05, 4.69) is 0 Å². The third-order valence-electron chi connectivity index (χ3n) is 6.82. The summed E-state index contributed by atoms with van der Waals surface area (Å²) >= 11 is 6.45. The smallest absolute Gasteiger partial charge is 0.343 e. The van der Waals surface area contributed by atoms with Gasteiger partial charge < -0.3 is 14.4 Å². The highest BCUT2D eigenvalue weighted by Crippen LogP contribution is 2.43. The van der Waals surface area contributed by atoms with Gasteiger partial charge in [0.2, 0.25) is 0 Å². The van der Waals surface area contributed by atoms with Crippen LogP contribution in [0.25, 0.3) is 22.3 Å². The number of cyclic esters (lactones) is 1. The molecule has 0 spiro atoms. The second-order valence-electron chi connectivity index (χ2n) is 8.38. The first-order valence-electron chi connectivity index (χ1n) is 10.3. The fraction of sp³-hybridized carbons (Fsp3) is 0.348. The first kappa shape index (κ1) is 19.0. The molecule has 1 unspecified atom stereocenters. The average molecular weight is 441 g/mol. The minimum absolute atomic E-state index is 0.123. The first-order valence-corrected chi connectivity index (χ1v) is 10.7. The van der Waals surface area contributed by atoms with Crippen molar-refractivity contribution in [1.29, 1.82) is 0 Å². The van der Waals surface area contributed by atoms with E-state index in [0.717, 1.165) is 51.9 Å².